The number of ether oxygens (including phenoxy) is 9. The number of methoxy groups -OCH3 is 2. The fourth-order valence-corrected chi connectivity index (χ4v) is 13.9. The van der Waals surface area contributed by atoms with Gasteiger partial charge in [-0.2, -0.15) is 0 Å². The Morgan fingerprint density at radius 1 is 0.509 bits per heavy atom. The zero-order valence-electron chi connectivity index (χ0n) is 61.1. The van der Waals surface area contributed by atoms with Gasteiger partial charge in [-0.05, 0) is 68.0 Å². The maximum Gasteiger partial charge on any atom is 0.407 e. The van der Waals surface area contributed by atoms with Gasteiger partial charge in [-0.25, -0.2) is 22.6 Å². The second kappa shape index (κ2) is 42.8. The lowest BCUT2D eigenvalue weighted by Gasteiger charge is -2.28. The molecular formula is C77H99N11O17S. The van der Waals surface area contributed by atoms with Crippen LogP contribution in [0.3, 0.4) is 0 Å². The number of hydrogen-bond acceptors (Lipinski definition) is 21. The van der Waals surface area contributed by atoms with Gasteiger partial charge in [0, 0.05) is 108 Å². The molecule has 28 nitrogen and oxygen atoms in total. The molecule has 0 saturated carbocycles. The van der Waals surface area contributed by atoms with E-state index in [1.165, 1.54) is 19.2 Å². The molecule has 0 bridgehead atoms. The lowest BCUT2D eigenvalue weighted by atomic mass is 9.95. The largest absolute Gasteiger partial charge is 0.445 e. The van der Waals surface area contributed by atoms with E-state index >= 15 is 0 Å². The van der Waals surface area contributed by atoms with E-state index in [4.69, 9.17) is 42.6 Å². The molecule has 9 rings (SSSR count). The third-order valence-electron chi connectivity index (χ3n) is 18.0. The molecule has 1 atom stereocenters. The summed E-state index contributed by atoms with van der Waals surface area (Å²) in [5.41, 5.74) is 10.2. The molecule has 2 aromatic heterocycles. The predicted molar refractivity (Wildman–Crippen MR) is 396 cm³/mol. The van der Waals surface area contributed by atoms with Crippen LogP contribution in [0.2, 0.25) is 0 Å². The number of ketones is 1. The number of nitrogens with zero attached hydrogens (tertiary/aromatic N) is 9. The van der Waals surface area contributed by atoms with E-state index in [0.29, 0.717) is 101 Å². The first-order valence-corrected chi connectivity index (χ1v) is 37.8. The zero-order valence-corrected chi connectivity index (χ0v) is 61.9. The summed E-state index contributed by atoms with van der Waals surface area (Å²) >= 11 is 0. The predicted octanol–water partition coefficient (Wildman–Crippen LogP) is 8.25. The molecule has 4 heterocycles. The van der Waals surface area contributed by atoms with Crippen LogP contribution in [0.5, 0.6) is 0 Å². The molecular weight excluding hydrogens is 1380 g/mol. The highest BCUT2D eigenvalue weighted by Gasteiger charge is 2.32. The molecule has 5 amide bonds. The SMILES string of the molecule is CNC(=O)OC(CCCCC(=O)N(CCOCCOCCOCCn1nnc2c1-c1ccccc1N(C(=O)CCC(=O)CCCOC)Cc1ccccc1-2)CCOCCOCCOCCn1nnc2c1-c1ccccc1N(C(=O)CCC(=O)NCCOC)Cc1ccccc1-2)CS(=O)(=O)c1ccc(C)cc1. The minimum atomic E-state index is -3.80. The zero-order chi connectivity index (χ0) is 74.9. The van der Waals surface area contributed by atoms with Crippen LogP contribution in [0.25, 0.3) is 45.0 Å². The first-order valence-electron chi connectivity index (χ1n) is 36.2. The fraction of sp³-hybridized carbons (Fsp3) is 0.481. The first kappa shape index (κ1) is 80.9. The van der Waals surface area contributed by atoms with Gasteiger partial charge in [0.05, 0.1) is 145 Å². The number of amides is 5. The highest BCUT2D eigenvalue weighted by molar-refractivity contribution is 7.91. The van der Waals surface area contributed by atoms with E-state index in [0.717, 1.165) is 50.3 Å². The van der Waals surface area contributed by atoms with Gasteiger partial charge in [-0.1, -0.05) is 113 Å². The number of hydrogen-bond donors (Lipinski definition) is 2. The molecule has 0 spiro atoms. The molecule has 7 aromatic rings. The maximum atomic E-state index is 14.0. The number of anilines is 2. The molecule has 2 aliphatic heterocycles. The van der Waals surface area contributed by atoms with Crippen molar-refractivity contribution in [3.63, 3.8) is 0 Å². The Hall–Kier alpha value is -9.17. The van der Waals surface area contributed by atoms with Gasteiger partial charge in [-0.3, -0.25) is 24.0 Å². The first-order chi connectivity index (χ1) is 51.7. The summed E-state index contributed by atoms with van der Waals surface area (Å²) in [6, 6.07) is 37.4. The van der Waals surface area contributed by atoms with E-state index in [1.807, 2.05) is 104 Å². The lowest BCUT2D eigenvalue weighted by molar-refractivity contribution is -0.133. The Morgan fingerprint density at radius 2 is 0.981 bits per heavy atom. The number of benzene rings is 5. The molecule has 0 aliphatic carbocycles. The van der Waals surface area contributed by atoms with E-state index in [2.05, 4.69) is 31.3 Å². The Bertz CT molecular complexity index is 3900. The average Bonchev–Trinajstić information content (AvgIpc) is 1.57. The van der Waals surface area contributed by atoms with Crippen molar-refractivity contribution in [2.45, 2.75) is 108 Å². The van der Waals surface area contributed by atoms with Crippen molar-refractivity contribution in [2.24, 2.45) is 0 Å². The van der Waals surface area contributed by atoms with Gasteiger partial charge in [-0.15, -0.1) is 10.2 Å². The Kier molecular flexibility index (Phi) is 32.7. The average molecular weight is 1480 g/mol. The van der Waals surface area contributed by atoms with E-state index in [9.17, 15) is 37.2 Å². The van der Waals surface area contributed by atoms with Gasteiger partial charge < -0.3 is 68.0 Å². The number of alkyl carbamates (subject to hydrolysis) is 1. The van der Waals surface area contributed by atoms with Crippen molar-refractivity contribution in [3.05, 3.63) is 138 Å². The van der Waals surface area contributed by atoms with Crippen molar-refractivity contribution in [1.29, 1.82) is 0 Å². The van der Waals surface area contributed by atoms with Gasteiger partial charge in [0.1, 0.15) is 23.3 Å². The minimum absolute atomic E-state index is 0.0158. The Morgan fingerprint density at radius 3 is 1.49 bits per heavy atom. The van der Waals surface area contributed by atoms with Crippen molar-refractivity contribution in [3.8, 4) is 45.0 Å². The summed E-state index contributed by atoms with van der Waals surface area (Å²) in [6.45, 7) is 8.11. The van der Waals surface area contributed by atoms with Gasteiger partial charge in [0.25, 0.3) is 0 Å². The Labute approximate surface area is 619 Å². The minimum Gasteiger partial charge on any atom is -0.445 e. The topological polar surface area (TPSA) is 315 Å². The molecule has 0 fully saturated rings. The van der Waals surface area contributed by atoms with E-state index in [-0.39, 0.29) is 159 Å². The summed E-state index contributed by atoms with van der Waals surface area (Å²) in [4.78, 5) is 84.7. The highest BCUT2D eigenvalue weighted by Crippen LogP contribution is 2.43. The highest BCUT2D eigenvalue weighted by atomic mass is 32.2. The van der Waals surface area contributed by atoms with Crippen molar-refractivity contribution in [1.82, 2.24) is 45.5 Å². The Balaban J connectivity index is 0.717. The number of carbonyl (C=O) groups excluding carboxylic acids is 6. The molecule has 5 aromatic carbocycles. The van der Waals surface area contributed by atoms with Crippen LogP contribution >= 0.6 is 0 Å². The monoisotopic (exact) mass is 1480 g/mol. The fourth-order valence-electron chi connectivity index (χ4n) is 12.4. The second-order valence-corrected chi connectivity index (χ2v) is 27.5. The third-order valence-corrected chi connectivity index (χ3v) is 19.8. The number of rotatable bonds is 46. The smallest absolute Gasteiger partial charge is 0.407 e. The van der Waals surface area contributed by atoms with Gasteiger partial charge in [0.2, 0.25) is 23.6 Å². The number of sulfone groups is 1. The molecule has 2 N–H and O–H groups in total. The molecule has 106 heavy (non-hydrogen) atoms. The van der Waals surface area contributed by atoms with Crippen LogP contribution in [0.4, 0.5) is 16.2 Å². The lowest BCUT2D eigenvalue weighted by Crippen LogP contribution is -2.37. The molecule has 1 unspecified atom stereocenters. The molecule has 0 radical (unpaired) electrons. The van der Waals surface area contributed by atoms with E-state index in [1.54, 1.807) is 50.4 Å². The number of nitrogens with one attached hydrogen (secondary N) is 2. The number of aryl methyl sites for hydroxylation is 1. The maximum absolute atomic E-state index is 14.0. The van der Waals surface area contributed by atoms with Crippen molar-refractivity contribution in [2.75, 3.05) is 149 Å². The summed E-state index contributed by atoms with van der Waals surface area (Å²) < 4.78 is 81.7. The second-order valence-electron chi connectivity index (χ2n) is 25.5. The van der Waals surface area contributed by atoms with Crippen LogP contribution in [0.1, 0.15) is 80.9 Å². The van der Waals surface area contributed by atoms with Crippen LogP contribution in [-0.2, 0) is 103 Å². The van der Waals surface area contributed by atoms with Crippen LogP contribution in [-0.4, -0.2) is 224 Å². The molecule has 570 valence electrons. The number of unbranched alkanes of at least 4 members (excludes halogenated alkanes) is 1. The summed E-state index contributed by atoms with van der Waals surface area (Å²) in [6.07, 6.45) is 0.707. The summed E-state index contributed by atoms with van der Waals surface area (Å²) in [7, 11) is 0.762. The molecule has 29 heteroatoms. The summed E-state index contributed by atoms with van der Waals surface area (Å²) in [5.74, 6) is -1.12. The number of Topliss-reactive ketones (excluding diaryl/α,β-unsaturated/α-hetero) is 1. The quantitative estimate of drug-likeness (QED) is 0.0339. The normalized spacial score (nSPS) is 12.6. The van der Waals surface area contributed by atoms with Crippen LogP contribution in [0, 0.1) is 6.92 Å². The molecule has 2 aliphatic rings. The number of para-hydroxylation sites is 2. The molecule has 0 saturated heterocycles. The summed E-state index contributed by atoms with van der Waals surface area (Å²) in [5, 5.41) is 23.6. The van der Waals surface area contributed by atoms with Gasteiger partial charge >= 0.3 is 6.09 Å². The number of aromatic nitrogens is 6. The number of fused-ring (bicyclic) bond motifs is 10. The van der Waals surface area contributed by atoms with Crippen LogP contribution < -0.4 is 20.4 Å². The van der Waals surface area contributed by atoms with Crippen molar-refractivity contribution < 1.29 is 79.8 Å². The number of carbonyl (C=O) groups is 6. The van der Waals surface area contributed by atoms with Crippen LogP contribution in [0.15, 0.2) is 126 Å². The van der Waals surface area contributed by atoms with Gasteiger partial charge in [0.15, 0.2) is 9.84 Å². The third kappa shape index (κ3) is 23.9. The van der Waals surface area contributed by atoms with Crippen molar-refractivity contribution >= 4 is 56.7 Å². The van der Waals surface area contributed by atoms with E-state index < -0.39 is 27.8 Å². The standard InChI is InChI=1S/C77H99N11O17S/c1-57-27-30-62(31-28-57)106(95,96)56-61(105-77(94)78-2)19-7-14-26-70(91)84(36-42-99-46-50-103-52-48-101-44-38-87-75-65-22-10-12-24-67(65)85(71(92)33-29-60(89)18-15-40-97-3)54-58-16-5-8-20-63(58)73(75)80-82-87)37-43-100-47-51-104-53-49-102-45-39-88-76-66-23-11-13-25-68(66)86(72(93)34-32-69(90)79-35-41-98-4)55-59-17-6-9-21-64(59)74(76)81-83-88/h5-6,8-13,16-17,20-25,27-28,30-31,61H,7,14-15,18-19,26,29,32-56H2,1-4H3,(H,78,94)(H,79,90).